The van der Waals surface area contributed by atoms with Gasteiger partial charge >= 0.3 is 5.97 Å². The van der Waals surface area contributed by atoms with Crippen molar-refractivity contribution in [1.29, 1.82) is 0 Å². The normalized spacial score (nSPS) is 52.9. The Bertz CT molecular complexity index is 1580. The third-order valence-corrected chi connectivity index (χ3v) is 17.1. The summed E-state index contributed by atoms with van der Waals surface area (Å²) in [5, 5.41) is 43.7. The van der Waals surface area contributed by atoms with Crippen LogP contribution in [0.4, 0.5) is 0 Å². The average Bonchev–Trinajstić information content (AvgIpc) is 4.01. The molecule has 7 aliphatic heterocycles. The van der Waals surface area contributed by atoms with Gasteiger partial charge in [0.15, 0.2) is 11.6 Å². The molecule has 370 valence electrons. The van der Waals surface area contributed by atoms with Crippen molar-refractivity contribution in [2.24, 2.45) is 29.6 Å². The van der Waals surface area contributed by atoms with Crippen LogP contribution < -0.4 is 0 Å². The molecule has 7 aliphatic rings. The van der Waals surface area contributed by atoms with E-state index in [-0.39, 0.29) is 78.9 Å². The third-order valence-electron chi connectivity index (χ3n) is 17.1. The molecule has 0 amide bonds. The van der Waals surface area contributed by atoms with Crippen molar-refractivity contribution in [2.75, 3.05) is 41.7 Å². The maximum Gasteiger partial charge on any atom is 0.338 e. The molecule has 7 heterocycles. The van der Waals surface area contributed by atoms with E-state index in [9.17, 15) is 25.2 Å². The molecule has 7 rings (SSSR count). The van der Waals surface area contributed by atoms with Crippen LogP contribution in [0.2, 0.25) is 0 Å². The quantitative estimate of drug-likeness (QED) is 0.194. The lowest BCUT2D eigenvalue weighted by molar-refractivity contribution is -0.389. The number of hydrogen-bond donors (Lipinski definition) is 4. The van der Waals surface area contributed by atoms with Crippen molar-refractivity contribution in [3.63, 3.8) is 0 Å². The van der Waals surface area contributed by atoms with Crippen LogP contribution in [0.1, 0.15) is 113 Å². The molecule has 0 aromatic carbocycles. The van der Waals surface area contributed by atoms with Crippen LogP contribution in [0.3, 0.4) is 0 Å². The van der Waals surface area contributed by atoms with Gasteiger partial charge in [-0.15, -0.1) is 0 Å². The molecule has 1 spiro atoms. The molecule has 17 heteroatoms. The first-order valence-electron chi connectivity index (χ1n) is 23.9. The Kier molecular flexibility index (Phi) is 15.3. The second-order valence-electron chi connectivity index (χ2n) is 20.8. The molecule has 7 saturated heterocycles. The summed E-state index contributed by atoms with van der Waals surface area (Å²) in [6, 6.07) is 0. The number of methoxy groups -OCH3 is 4. The number of ether oxygens (including phenoxy) is 12. The smallest absolute Gasteiger partial charge is 0.338 e. The van der Waals surface area contributed by atoms with E-state index < -0.39 is 71.0 Å². The van der Waals surface area contributed by atoms with Crippen LogP contribution in [0.5, 0.6) is 0 Å². The highest BCUT2D eigenvalue weighted by molar-refractivity contribution is 5.73. The summed E-state index contributed by atoms with van der Waals surface area (Å²) in [5.41, 5.74) is -2.14. The van der Waals surface area contributed by atoms with Gasteiger partial charge in [-0.05, 0) is 65.7 Å². The van der Waals surface area contributed by atoms with E-state index in [2.05, 4.69) is 20.8 Å². The van der Waals surface area contributed by atoms with Gasteiger partial charge in [0.25, 0.3) is 0 Å². The molecule has 0 aromatic heterocycles. The highest BCUT2D eigenvalue weighted by Gasteiger charge is 2.70. The van der Waals surface area contributed by atoms with E-state index >= 15 is 0 Å². The largest absolute Gasteiger partial charge is 0.479 e. The molecule has 64 heavy (non-hydrogen) atoms. The molecule has 7 fully saturated rings. The van der Waals surface area contributed by atoms with E-state index in [4.69, 9.17) is 56.8 Å². The average molecular weight is 917 g/mol. The molecule has 0 aromatic rings. The van der Waals surface area contributed by atoms with Gasteiger partial charge in [0.05, 0.1) is 79.9 Å². The monoisotopic (exact) mass is 917 g/mol. The van der Waals surface area contributed by atoms with E-state index in [1.807, 2.05) is 13.8 Å². The summed E-state index contributed by atoms with van der Waals surface area (Å²) in [7, 11) is 6.30. The first kappa shape index (κ1) is 50.7. The topological polar surface area (TPSA) is 209 Å². The van der Waals surface area contributed by atoms with Crippen LogP contribution in [-0.4, -0.2) is 176 Å². The van der Waals surface area contributed by atoms with Crippen LogP contribution >= 0.6 is 0 Å². The second-order valence-corrected chi connectivity index (χ2v) is 20.8. The molecule has 17 nitrogen and oxygen atoms in total. The Morgan fingerprint density at radius 1 is 0.750 bits per heavy atom. The third kappa shape index (κ3) is 8.75. The lowest BCUT2D eigenvalue weighted by atomic mass is 9.73. The molecule has 0 radical (unpaired) electrons. The molecule has 23 atom stereocenters. The number of carboxylic acid groups (broad SMARTS) is 1. The minimum absolute atomic E-state index is 0.0246. The highest BCUT2D eigenvalue weighted by Crippen LogP contribution is 2.57. The minimum Gasteiger partial charge on any atom is -0.479 e. The number of rotatable bonds is 14. The number of hydrogen-bond acceptors (Lipinski definition) is 16. The van der Waals surface area contributed by atoms with Crippen LogP contribution in [-0.2, 0) is 61.6 Å². The van der Waals surface area contributed by atoms with Crippen molar-refractivity contribution in [3.8, 4) is 0 Å². The van der Waals surface area contributed by atoms with Crippen molar-refractivity contribution < 1.29 is 82.1 Å². The van der Waals surface area contributed by atoms with Gasteiger partial charge < -0.3 is 77.3 Å². The molecular formula is C47H80O17. The lowest BCUT2D eigenvalue weighted by Crippen LogP contribution is -2.72. The Balaban J connectivity index is 1.06. The zero-order valence-electron chi connectivity index (χ0n) is 40.3. The molecule has 0 bridgehead atoms. The van der Waals surface area contributed by atoms with E-state index in [1.54, 1.807) is 35.0 Å². The number of carboxylic acids is 1. The summed E-state index contributed by atoms with van der Waals surface area (Å²) in [4.78, 5) is 12.0. The Morgan fingerprint density at radius 3 is 2.05 bits per heavy atom. The van der Waals surface area contributed by atoms with Crippen molar-refractivity contribution >= 4 is 5.97 Å². The van der Waals surface area contributed by atoms with E-state index in [0.717, 1.165) is 45.1 Å². The number of aliphatic hydroxyl groups excluding tert-OH is 1. The van der Waals surface area contributed by atoms with Crippen molar-refractivity contribution in [1.82, 2.24) is 0 Å². The molecule has 23 unspecified atom stereocenters. The first-order chi connectivity index (χ1) is 30.1. The van der Waals surface area contributed by atoms with Gasteiger partial charge in [0.2, 0.25) is 11.9 Å². The predicted octanol–water partition coefficient (Wildman–Crippen LogP) is 3.97. The van der Waals surface area contributed by atoms with Crippen LogP contribution in [0, 0.1) is 29.6 Å². The van der Waals surface area contributed by atoms with E-state index in [0.29, 0.717) is 19.4 Å². The van der Waals surface area contributed by atoms with Gasteiger partial charge in [-0.3, -0.25) is 0 Å². The fraction of sp³-hybridized carbons (Fsp3) is 0.979. The van der Waals surface area contributed by atoms with Gasteiger partial charge in [-0.1, -0.05) is 34.6 Å². The Labute approximate surface area is 379 Å². The van der Waals surface area contributed by atoms with Crippen molar-refractivity contribution in [3.05, 3.63) is 0 Å². The van der Waals surface area contributed by atoms with Gasteiger partial charge in [-0.25, -0.2) is 4.79 Å². The fourth-order valence-corrected chi connectivity index (χ4v) is 13.0. The van der Waals surface area contributed by atoms with E-state index in [1.165, 1.54) is 14.2 Å². The highest BCUT2D eigenvalue weighted by atomic mass is 16.7. The second kappa shape index (κ2) is 19.3. The predicted molar refractivity (Wildman–Crippen MR) is 228 cm³/mol. The first-order valence-corrected chi connectivity index (χ1v) is 23.9. The summed E-state index contributed by atoms with van der Waals surface area (Å²) in [6.45, 7) is 16.6. The van der Waals surface area contributed by atoms with Gasteiger partial charge in [0.1, 0.15) is 11.2 Å². The maximum absolute atomic E-state index is 12.0. The molecule has 0 aliphatic carbocycles. The van der Waals surface area contributed by atoms with Gasteiger partial charge in [-0.2, -0.15) is 0 Å². The zero-order chi connectivity index (χ0) is 46.7. The summed E-state index contributed by atoms with van der Waals surface area (Å²) < 4.78 is 77.8. The molecular weight excluding hydrogens is 836 g/mol. The SMILES string of the molecule is COC1CC(CC2OC(O)(C(O)C(=O)O)C(C)C(OC)C2(C)OC)OC2(OC(C)(C3CCC(C4CCC(C5OC(C)(O)C(C)C(OCC6CCCCO6)C5C)O4)O3)C(OC)C2C)C1C. The van der Waals surface area contributed by atoms with Crippen LogP contribution in [0.15, 0.2) is 0 Å². The Morgan fingerprint density at radius 2 is 1.42 bits per heavy atom. The molecule has 0 saturated carbocycles. The number of aliphatic hydroxyl groups is 3. The fourth-order valence-electron chi connectivity index (χ4n) is 13.0. The number of aliphatic carboxylic acids is 1. The van der Waals surface area contributed by atoms with Gasteiger partial charge in [0, 0.05) is 77.5 Å². The summed E-state index contributed by atoms with van der Waals surface area (Å²) in [6.07, 6.45) is -0.307. The maximum atomic E-state index is 12.0. The zero-order valence-corrected chi connectivity index (χ0v) is 40.3. The van der Waals surface area contributed by atoms with Crippen LogP contribution in [0.25, 0.3) is 0 Å². The Hall–Kier alpha value is -1.13. The summed E-state index contributed by atoms with van der Waals surface area (Å²) >= 11 is 0. The lowest BCUT2D eigenvalue weighted by Gasteiger charge is -2.56. The van der Waals surface area contributed by atoms with Crippen molar-refractivity contribution in [2.45, 2.75) is 221 Å². The molecule has 4 N–H and O–H groups in total. The number of carbonyl (C=O) groups is 1. The minimum atomic E-state index is -2.49. The standard InChI is InChI=1S/C47H80O17/c1-24-37(58-23-29-15-13-14-20-57-29)26(3)45(8,51)63-38(24)33-17-16-31(59-33)32-18-19-35(60-32)44(7)41(55-11)28(5)47(64-44)25(2)34(53-9)21-30(61-47)22-36-43(6,56-12)40(54-10)27(4)46(52,62-36)39(48)42(49)50/h24-41,48,51-52H,13-23H2,1-12H3,(H,49,50). The summed E-state index contributed by atoms with van der Waals surface area (Å²) in [5.74, 6) is -8.57.